The molecule has 0 N–H and O–H groups in total. The van der Waals surface area contributed by atoms with Crippen LogP contribution < -0.4 is 0 Å². The molecule has 1 rings (SSSR count). The van der Waals surface area contributed by atoms with Gasteiger partial charge >= 0.3 is 0 Å². The highest BCUT2D eigenvalue weighted by Crippen LogP contribution is 2.11. The van der Waals surface area contributed by atoms with Crippen molar-refractivity contribution >= 4 is 0 Å². The van der Waals surface area contributed by atoms with Gasteiger partial charge < -0.3 is 0 Å². The Morgan fingerprint density at radius 1 is 0.773 bits per heavy atom. The summed E-state index contributed by atoms with van der Waals surface area (Å²) in [5, 5.41) is 0. The van der Waals surface area contributed by atoms with Crippen molar-refractivity contribution in [2.24, 2.45) is 0 Å². The normalized spacial score (nSPS) is 11.3. The first kappa shape index (κ1) is 19.0. The monoisotopic (exact) mass is 299 g/mol. The minimum atomic E-state index is 1.16. The fraction of sp³-hybridized carbons (Fsp3) is 0.636. The van der Waals surface area contributed by atoms with Gasteiger partial charge in [-0.2, -0.15) is 0 Å². The third kappa shape index (κ3) is 11.6. The summed E-state index contributed by atoms with van der Waals surface area (Å²) in [7, 11) is 0. The quantitative estimate of drug-likeness (QED) is 0.250. The van der Waals surface area contributed by atoms with Crippen LogP contribution in [0.5, 0.6) is 0 Å². The standard InChI is InChI=1S/C22H35/c1-2-3-4-5-6-7-8-9-10-11-12-13-14-16-19-22-20-17-15-18-21-22/h12-13,15,17-18,20H,2-11,14,16,19H2,1H3. The van der Waals surface area contributed by atoms with Gasteiger partial charge in [0.25, 0.3) is 0 Å². The van der Waals surface area contributed by atoms with Crippen LogP contribution in [0.1, 0.15) is 89.5 Å². The van der Waals surface area contributed by atoms with Crippen molar-refractivity contribution < 1.29 is 0 Å². The number of rotatable bonds is 14. The fourth-order valence-corrected chi connectivity index (χ4v) is 2.80. The molecule has 0 unspecified atom stereocenters. The van der Waals surface area contributed by atoms with E-state index in [1.807, 2.05) is 12.1 Å². The Labute approximate surface area is 139 Å². The van der Waals surface area contributed by atoms with Gasteiger partial charge in [0.1, 0.15) is 0 Å². The smallest absolute Gasteiger partial charge is 0.0149 e. The highest BCUT2D eigenvalue weighted by molar-refractivity contribution is 5.12. The molecule has 0 saturated carbocycles. The Morgan fingerprint density at radius 3 is 2.05 bits per heavy atom. The van der Waals surface area contributed by atoms with Crippen LogP contribution in [0.4, 0.5) is 0 Å². The minimum absolute atomic E-state index is 1.16. The van der Waals surface area contributed by atoms with Crippen LogP contribution >= 0.6 is 0 Å². The van der Waals surface area contributed by atoms with Crippen molar-refractivity contribution in [3.63, 3.8) is 0 Å². The molecule has 1 aromatic carbocycles. The topological polar surface area (TPSA) is 0 Å². The number of benzene rings is 1. The summed E-state index contributed by atoms with van der Waals surface area (Å²) < 4.78 is 0. The molecule has 0 amide bonds. The Hall–Kier alpha value is -1.04. The number of aryl methyl sites for hydroxylation is 1. The summed E-state index contributed by atoms with van der Waals surface area (Å²) in [5.41, 5.74) is 1.34. The second kappa shape index (κ2) is 14.9. The molecule has 1 aromatic rings. The van der Waals surface area contributed by atoms with Gasteiger partial charge in [0, 0.05) is 0 Å². The molecule has 0 heteroatoms. The molecule has 0 fully saturated rings. The summed E-state index contributed by atoms with van der Waals surface area (Å²) in [4.78, 5) is 0. The van der Waals surface area contributed by atoms with Gasteiger partial charge in [0.15, 0.2) is 0 Å². The van der Waals surface area contributed by atoms with E-state index in [-0.39, 0.29) is 0 Å². The summed E-state index contributed by atoms with van der Waals surface area (Å²) in [5.74, 6) is 0. The lowest BCUT2D eigenvalue weighted by molar-refractivity contribution is 0.566. The first-order chi connectivity index (χ1) is 10.9. The van der Waals surface area contributed by atoms with Crippen LogP contribution in [0, 0.1) is 6.07 Å². The maximum absolute atomic E-state index is 3.29. The zero-order chi connectivity index (χ0) is 15.7. The third-order valence-corrected chi connectivity index (χ3v) is 4.23. The zero-order valence-corrected chi connectivity index (χ0v) is 14.7. The maximum atomic E-state index is 3.29. The molecule has 0 nitrogen and oxygen atoms in total. The van der Waals surface area contributed by atoms with Crippen molar-refractivity contribution in [1.82, 2.24) is 0 Å². The van der Waals surface area contributed by atoms with Gasteiger partial charge in [-0.25, -0.2) is 0 Å². The van der Waals surface area contributed by atoms with Gasteiger partial charge in [-0.15, -0.1) is 0 Å². The summed E-state index contributed by atoms with van der Waals surface area (Å²) in [6.45, 7) is 2.29. The van der Waals surface area contributed by atoms with Gasteiger partial charge in [0.2, 0.25) is 0 Å². The van der Waals surface area contributed by atoms with E-state index in [4.69, 9.17) is 0 Å². The number of allylic oxidation sites excluding steroid dienone is 2. The van der Waals surface area contributed by atoms with Crippen molar-refractivity contribution in [2.75, 3.05) is 0 Å². The third-order valence-electron chi connectivity index (χ3n) is 4.23. The van der Waals surface area contributed by atoms with Crippen molar-refractivity contribution in [1.29, 1.82) is 0 Å². The first-order valence-corrected chi connectivity index (χ1v) is 9.54. The second-order valence-corrected chi connectivity index (χ2v) is 6.37. The van der Waals surface area contributed by atoms with Gasteiger partial charge in [0.05, 0.1) is 0 Å². The molecular formula is C22H35. The lowest BCUT2D eigenvalue weighted by atomic mass is 10.1. The molecule has 0 bridgehead atoms. The lowest BCUT2D eigenvalue weighted by Gasteiger charge is -2.00. The minimum Gasteiger partial charge on any atom is -0.0885 e. The van der Waals surface area contributed by atoms with Crippen LogP contribution in [0.25, 0.3) is 0 Å². The lowest BCUT2D eigenvalue weighted by Crippen LogP contribution is -1.83. The number of hydrogen-bond donors (Lipinski definition) is 0. The SMILES string of the molecule is CCCCCCCCCCCC=CCCCc1[c]cccc1. The summed E-state index contributed by atoms with van der Waals surface area (Å²) in [6, 6.07) is 11.6. The number of hydrogen-bond acceptors (Lipinski definition) is 0. The van der Waals surface area contributed by atoms with E-state index < -0.39 is 0 Å². The molecule has 1 radical (unpaired) electrons. The van der Waals surface area contributed by atoms with Crippen LogP contribution in [-0.4, -0.2) is 0 Å². The number of unbranched alkanes of at least 4 members (excludes halogenated alkanes) is 10. The summed E-state index contributed by atoms with van der Waals surface area (Å²) in [6.07, 6.45) is 22.4. The predicted molar refractivity (Wildman–Crippen MR) is 99.2 cm³/mol. The molecule has 0 spiro atoms. The van der Waals surface area contributed by atoms with Gasteiger partial charge in [-0.05, 0) is 43.7 Å². The highest BCUT2D eigenvalue weighted by Gasteiger charge is 1.92. The molecule has 0 aliphatic carbocycles. The van der Waals surface area contributed by atoms with Crippen LogP contribution in [0.2, 0.25) is 0 Å². The first-order valence-electron chi connectivity index (χ1n) is 9.54. The van der Waals surface area contributed by atoms with Crippen molar-refractivity contribution in [3.8, 4) is 0 Å². The zero-order valence-electron chi connectivity index (χ0n) is 14.7. The molecule has 0 saturated heterocycles. The Kier molecular flexibility index (Phi) is 12.9. The molecular weight excluding hydrogens is 264 g/mol. The van der Waals surface area contributed by atoms with E-state index in [0.29, 0.717) is 0 Å². The summed E-state index contributed by atoms with van der Waals surface area (Å²) >= 11 is 0. The molecule has 0 aliphatic rings. The van der Waals surface area contributed by atoms with Crippen LogP contribution in [-0.2, 0) is 6.42 Å². The van der Waals surface area contributed by atoms with Crippen molar-refractivity contribution in [2.45, 2.75) is 90.4 Å². The second-order valence-electron chi connectivity index (χ2n) is 6.37. The average molecular weight is 300 g/mol. The molecule has 0 aliphatic heterocycles. The molecule has 0 atom stereocenters. The van der Waals surface area contributed by atoms with E-state index in [9.17, 15) is 0 Å². The fourth-order valence-electron chi connectivity index (χ4n) is 2.80. The van der Waals surface area contributed by atoms with Crippen LogP contribution in [0.15, 0.2) is 36.4 Å². The van der Waals surface area contributed by atoms with E-state index in [0.717, 1.165) is 6.42 Å². The molecule has 22 heavy (non-hydrogen) atoms. The predicted octanol–water partition coefficient (Wildman–Crippen LogP) is 7.29. The van der Waals surface area contributed by atoms with Gasteiger partial charge in [-0.3, -0.25) is 0 Å². The average Bonchev–Trinajstić information content (AvgIpc) is 2.56. The highest BCUT2D eigenvalue weighted by atomic mass is 14.0. The maximum Gasteiger partial charge on any atom is -0.0149 e. The van der Waals surface area contributed by atoms with E-state index in [2.05, 4.69) is 37.3 Å². The van der Waals surface area contributed by atoms with Crippen LogP contribution in [0.3, 0.4) is 0 Å². The van der Waals surface area contributed by atoms with E-state index in [1.165, 1.54) is 82.6 Å². The molecule has 0 heterocycles. The van der Waals surface area contributed by atoms with Crippen molar-refractivity contribution in [3.05, 3.63) is 48.0 Å². The molecule has 0 aromatic heterocycles. The Morgan fingerprint density at radius 2 is 1.41 bits per heavy atom. The largest absolute Gasteiger partial charge is 0.0885 e. The van der Waals surface area contributed by atoms with E-state index >= 15 is 0 Å². The van der Waals surface area contributed by atoms with Gasteiger partial charge in [-0.1, -0.05) is 94.7 Å². The Balaban J connectivity index is 1.80. The molecule has 123 valence electrons. The van der Waals surface area contributed by atoms with E-state index in [1.54, 1.807) is 0 Å². The Bertz CT molecular complexity index is 350.